The maximum atomic E-state index is 12.8. The van der Waals surface area contributed by atoms with Crippen molar-refractivity contribution in [3.8, 4) is 5.69 Å². The summed E-state index contributed by atoms with van der Waals surface area (Å²) in [5.74, 6) is -0.0917. The van der Waals surface area contributed by atoms with E-state index in [1.54, 1.807) is 29.3 Å². The topological polar surface area (TPSA) is 83.0 Å². The van der Waals surface area contributed by atoms with Crippen molar-refractivity contribution >= 4 is 11.8 Å². The number of para-hydroxylation sites is 1. The number of aromatic nitrogens is 3. The van der Waals surface area contributed by atoms with E-state index in [-0.39, 0.29) is 17.7 Å². The number of amides is 2. The third kappa shape index (κ3) is 3.94. The highest BCUT2D eigenvalue weighted by Gasteiger charge is 2.30. The van der Waals surface area contributed by atoms with Gasteiger partial charge in [-0.3, -0.25) is 9.59 Å². The molecule has 3 heterocycles. The summed E-state index contributed by atoms with van der Waals surface area (Å²) >= 11 is 0. The molecule has 0 radical (unpaired) electrons. The number of piperidine rings is 1. The number of hydrogen-bond acceptors (Lipinski definition) is 3. The molecule has 1 atom stereocenters. The van der Waals surface area contributed by atoms with Gasteiger partial charge in [-0.25, -0.2) is 4.68 Å². The molecule has 1 fully saturated rings. The third-order valence-electron chi connectivity index (χ3n) is 5.29. The van der Waals surface area contributed by atoms with E-state index in [0.29, 0.717) is 24.2 Å². The highest BCUT2D eigenvalue weighted by Crippen LogP contribution is 2.30. The maximum absolute atomic E-state index is 12.8. The van der Waals surface area contributed by atoms with Gasteiger partial charge in [0.25, 0.3) is 11.8 Å². The van der Waals surface area contributed by atoms with Crippen molar-refractivity contribution in [2.45, 2.75) is 25.7 Å². The Kier molecular flexibility index (Phi) is 5.46. The second-order valence-corrected chi connectivity index (χ2v) is 7.26. The Hall–Kier alpha value is -3.35. The fourth-order valence-corrected chi connectivity index (χ4v) is 3.86. The van der Waals surface area contributed by atoms with Crippen molar-refractivity contribution in [3.05, 3.63) is 71.8 Å². The summed E-state index contributed by atoms with van der Waals surface area (Å²) in [5, 5.41) is 7.66. The predicted molar refractivity (Wildman–Crippen MR) is 110 cm³/mol. The van der Waals surface area contributed by atoms with Crippen molar-refractivity contribution in [1.82, 2.24) is 25.0 Å². The van der Waals surface area contributed by atoms with Gasteiger partial charge in [-0.1, -0.05) is 18.2 Å². The molecule has 0 unspecified atom stereocenters. The van der Waals surface area contributed by atoms with Crippen LogP contribution in [0.15, 0.2) is 55.0 Å². The molecule has 1 aliphatic rings. The summed E-state index contributed by atoms with van der Waals surface area (Å²) in [7, 11) is 0. The highest BCUT2D eigenvalue weighted by molar-refractivity contribution is 5.96. The SMILES string of the molecule is CCNC(=O)c1cn(-c2ccccc2)nc1[C@H]1CCCN(C(=O)c2cc[nH]c2)C1. The number of carbonyl (C=O) groups excluding carboxylic acids is 2. The third-order valence-corrected chi connectivity index (χ3v) is 5.29. The molecule has 1 saturated heterocycles. The Morgan fingerprint density at radius 1 is 1.24 bits per heavy atom. The Balaban J connectivity index is 1.64. The number of nitrogens with zero attached hydrogens (tertiary/aromatic N) is 3. The summed E-state index contributed by atoms with van der Waals surface area (Å²) in [4.78, 5) is 30.3. The van der Waals surface area contributed by atoms with Gasteiger partial charge in [-0.15, -0.1) is 0 Å². The quantitative estimate of drug-likeness (QED) is 0.701. The fraction of sp³-hybridized carbons (Fsp3) is 0.318. The van der Waals surface area contributed by atoms with Crippen LogP contribution in [0.5, 0.6) is 0 Å². The van der Waals surface area contributed by atoms with E-state index in [0.717, 1.165) is 30.8 Å². The van der Waals surface area contributed by atoms with Crippen LogP contribution in [0, 0.1) is 0 Å². The molecule has 7 nitrogen and oxygen atoms in total. The molecule has 29 heavy (non-hydrogen) atoms. The van der Waals surface area contributed by atoms with Crippen LogP contribution in [-0.4, -0.2) is 51.1 Å². The van der Waals surface area contributed by atoms with Crippen LogP contribution in [0.4, 0.5) is 0 Å². The lowest BCUT2D eigenvalue weighted by Gasteiger charge is -2.32. The van der Waals surface area contributed by atoms with Gasteiger partial charge in [-0.2, -0.15) is 5.10 Å². The largest absolute Gasteiger partial charge is 0.367 e. The normalized spacial score (nSPS) is 16.6. The second-order valence-electron chi connectivity index (χ2n) is 7.26. The van der Waals surface area contributed by atoms with Gasteiger partial charge in [-0.05, 0) is 38.0 Å². The van der Waals surface area contributed by atoms with Gasteiger partial charge in [0.15, 0.2) is 0 Å². The zero-order valence-electron chi connectivity index (χ0n) is 16.5. The first-order valence-electron chi connectivity index (χ1n) is 10.0. The lowest BCUT2D eigenvalue weighted by Crippen LogP contribution is -2.39. The van der Waals surface area contributed by atoms with Crippen LogP contribution >= 0.6 is 0 Å². The minimum absolute atomic E-state index is 0.0120. The molecule has 150 valence electrons. The van der Waals surface area contributed by atoms with Crippen LogP contribution in [0.2, 0.25) is 0 Å². The van der Waals surface area contributed by atoms with Crippen molar-refractivity contribution in [1.29, 1.82) is 0 Å². The molecule has 0 spiro atoms. The molecule has 1 aromatic carbocycles. The number of aromatic amines is 1. The Morgan fingerprint density at radius 2 is 2.07 bits per heavy atom. The van der Waals surface area contributed by atoms with E-state index in [2.05, 4.69) is 10.3 Å². The number of benzene rings is 1. The minimum atomic E-state index is -0.126. The first kappa shape index (κ1) is 19.0. The Labute approximate surface area is 169 Å². The van der Waals surface area contributed by atoms with Gasteiger partial charge in [0.05, 0.1) is 22.5 Å². The number of rotatable bonds is 5. The van der Waals surface area contributed by atoms with Gasteiger partial charge in [0, 0.05) is 44.1 Å². The monoisotopic (exact) mass is 391 g/mol. The molecule has 2 N–H and O–H groups in total. The number of nitrogens with one attached hydrogen (secondary N) is 2. The molecule has 7 heteroatoms. The van der Waals surface area contributed by atoms with Crippen molar-refractivity contribution in [2.24, 2.45) is 0 Å². The zero-order chi connectivity index (χ0) is 20.2. The molecular formula is C22H25N5O2. The summed E-state index contributed by atoms with van der Waals surface area (Å²) in [5.41, 5.74) is 2.90. The van der Waals surface area contributed by atoms with Crippen molar-refractivity contribution in [3.63, 3.8) is 0 Å². The fourth-order valence-electron chi connectivity index (χ4n) is 3.86. The first-order chi connectivity index (χ1) is 14.2. The molecule has 0 saturated carbocycles. The predicted octanol–water partition coefficient (Wildman–Crippen LogP) is 2.97. The van der Waals surface area contributed by atoms with Crippen LogP contribution in [0.1, 0.15) is 52.1 Å². The summed E-state index contributed by atoms with van der Waals surface area (Å²) < 4.78 is 1.76. The van der Waals surface area contributed by atoms with Gasteiger partial charge < -0.3 is 15.2 Å². The number of likely N-dealkylation sites (tertiary alicyclic amines) is 1. The molecule has 2 amide bonds. The summed E-state index contributed by atoms with van der Waals surface area (Å²) in [6, 6.07) is 11.5. The van der Waals surface area contributed by atoms with E-state index in [4.69, 9.17) is 5.10 Å². The molecule has 0 bridgehead atoms. The van der Waals surface area contributed by atoms with E-state index in [1.807, 2.05) is 42.2 Å². The van der Waals surface area contributed by atoms with E-state index >= 15 is 0 Å². The van der Waals surface area contributed by atoms with Crippen LogP contribution in [0.25, 0.3) is 5.69 Å². The summed E-state index contributed by atoms with van der Waals surface area (Å²) in [6.07, 6.45) is 7.05. The van der Waals surface area contributed by atoms with Crippen LogP contribution < -0.4 is 5.32 Å². The smallest absolute Gasteiger partial charge is 0.255 e. The zero-order valence-corrected chi connectivity index (χ0v) is 16.5. The van der Waals surface area contributed by atoms with Gasteiger partial charge >= 0.3 is 0 Å². The number of H-pyrrole nitrogens is 1. The van der Waals surface area contributed by atoms with Gasteiger partial charge in [0.1, 0.15) is 0 Å². The molecule has 2 aromatic heterocycles. The highest BCUT2D eigenvalue weighted by atomic mass is 16.2. The molecule has 3 aromatic rings. The van der Waals surface area contributed by atoms with Crippen LogP contribution in [0.3, 0.4) is 0 Å². The molecule has 1 aliphatic heterocycles. The van der Waals surface area contributed by atoms with Gasteiger partial charge in [0.2, 0.25) is 0 Å². The first-order valence-corrected chi connectivity index (χ1v) is 10.0. The lowest BCUT2D eigenvalue weighted by atomic mass is 9.92. The summed E-state index contributed by atoms with van der Waals surface area (Å²) in [6.45, 7) is 3.73. The Bertz CT molecular complexity index is 978. The molecule has 4 rings (SSSR count). The lowest BCUT2D eigenvalue weighted by molar-refractivity contribution is 0.0706. The van der Waals surface area contributed by atoms with Crippen LogP contribution in [-0.2, 0) is 0 Å². The second kappa shape index (κ2) is 8.34. The van der Waals surface area contributed by atoms with E-state index < -0.39 is 0 Å². The minimum Gasteiger partial charge on any atom is -0.367 e. The van der Waals surface area contributed by atoms with E-state index in [1.165, 1.54) is 0 Å². The Morgan fingerprint density at radius 3 is 2.79 bits per heavy atom. The van der Waals surface area contributed by atoms with Crippen molar-refractivity contribution in [2.75, 3.05) is 19.6 Å². The average Bonchev–Trinajstić information content (AvgIpc) is 3.44. The average molecular weight is 391 g/mol. The molecule has 0 aliphatic carbocycles. The molecular weight excluding hydrogens is 366 g/mol. The van der Waals surface area contributed by atoms with E-state index in [9.17, 15) is 9.59 Å². The maximum Gasteiger partial charge on any atom is 0.255 e. The number of hydrogen-bond donors (Lipinski definition) is 2. The standard InChI is InChI=1S/C22H25N5O2/c1-2-24-21(28)19-15-27(18-8-4-3-5-9-18)25-20(19)17-7-6-12-26(14-17)22(29)16-10-11-23-13-16/h3-5,8-11,13,15,17,23H,2,6-7,12,14H2,1H3,(H,24,28)/t17-/m0/s1. The number of carbonyl (C=O) groups is 2. The van der Waals surface area contributed by atoms with Crippen molar-refractivity contribution < 1.29 is 9.59 Å².